The van der Waals surface area contributed by atoms with Crippen molar-refractivity contribution >= 4 is 0 Å². The quantitative estimate of drug-likeness (QED) is 0.581. The van der Waals surface area contributed by atoms with Crippen LogP contribution in [0.2, 0.25) is 0 Å². The van der Waals surface area contributed by atoms with Crippen molar-refractivity contribution in [1.29, 1.82) is 0 Å². The van der Waals surface area contributed by atoms with Crippen LogP contribution in [0.25, 0.3) is 0 Å². The minimum absolute atomic E-state index is 0. The van der Waals surface area contributed by atoms with E-state index in [0.717, 1.165) is 13.2 Å². The number of ether oxygens (including phenoxy) is 1. The van der Waals surface area contributed by atoms with Gasteiger partial charge in [0, 0.05) is 13.7 Å². The molecule has 0 bridgehead atoms. The highest BCUT2D eigenvalue weighted by Gasteiger charge is 1.87. The molecule has 0 heterocycles. The lowest BCUT2D eigenvalue weighted by molar-refractivity contribution is 0.192. The van der Waals surface area contributed by atoms with Crippen LogP contribution >= 0.6 is 0 Å². The predicted octanol–water partition coefficient (Wildman–Crippen LogP) is 2.18. The normalized spacial score (nSPS) is 9.27. The van der Waals surface area contributed by atoms with Gasteiger partial charge in [-0.25, -0.2) is 0 Å². The predicted molar refractivity (Wildman–Crippen MR) is 50.7 cm³/mol. The Labute approximate surface area is 71.1 Å². The third-order valence-corrected chi connectivity index (χ3v) is 1.55. The number of methoxy groups -OCH3 is 1. The molecule has 0 radical (unpaired) electrons. The fourth-order valence-corrected chi connectivity index (χ4v) is 0.921. The third kappa shape index (κ3) is 13.0. The molecule has 0 rings (SSSR count). The zero-order chi connectivity index (χ0) is 7.66. The molecule has 2 N–H and O–H groups in total. The molecule has 11 heavy (non-hydrogen) atoms. The van der Waals surface area contributed by atoms with Crippen LogP contribution in [0.5, 0.6) is 0 Å². The van der Waals surface area contributed by atoms with E-state index in [2.05, 4.69) is 0 Å². The van der Waals surface area contributed by atoms with E-state index in [9.17, 15) is 0 Å². The molecular weight excluding hydrogens is 138 g/mol. The summed E-state index contributed by atoms with van der Waals surface area (Å²) >= 11 is 0. The standard InChI is InChI=1S/C8H19NO.CH4/c1-10-8-6-4-2-3-5-7-9;/h2-9H2,1H3;1H4. The van der Waals surface area contributed by atoms with Crippen LogP contribution in [-0.4, -0.2) is 20.3 Å². The zero-order valence-electron chi connectivity index (χ0n) is 6.94. The number of rotatable bonds is 7. The molecule has 2 heteroatoms. The van der Waals surface area contributed by atoms with Gasteiger partial charge >= 0.3 is 0 Å². The van der Waals surface area contributed by atoms with Crippen molar-refractivity contribution in [2.24, 2.45) is 5.73 Å². The number of hydrogen-bond acceptors (Lipinski definition) is 2. The van der Waals surface area contributed by atoms with Gasteiger partial charge in [-0.15, -0.1) is 0 Å². The van der Waals surface area contributed by atoms with Crippen LogP contribution < -0.4 is 5.73 Å². The Hall–Kier alpha value is -0.0800. The second kappa shape index (κ2) is 12.6. The maximum Gasteiger partial charge on any atom is 0.0462 e. The molecule has 0 aromatic heterocycles. The highest BCUT2D eigenvalue weighted by Crippen LogP contribution is 2.01. The fraction of sp³-hybridized carbons (Fsp3) is 1.00. The topological polar surface area (TPSA) is 35.2 Å². The van der Waals surface area contributed by atoms with E-state index >= 15 is 0 Å². The van der Waals surface area contributed by atoms with E-state index in [0.29, 0.717) is 0 Å². The smallest absolute Gasteiger partial charge is 0.0462 e. The summed E-state index contributed by atoms with van der Waals surface area (Å²) in [7, 11) is 1.75. The zero-order valence-corrected chi connectivity index (χ0v) is 6.94. The lowest BCUT2D eigenvalue weighted by Gasteiger charge is -1.98. The second-order valence-corrected chi connectivity index (χ2v) is 2.55. The molecule has 0 aliphatic heterocycles. The van der Waals surface area contributed by atoms with E-state index in [1.54, 1.807) is 7.11 Å². The van der Waals surface area contributed by atoms with Crippen molar-refractivity contribution in [1.82, 2.24) is 0 Å². The SMILES string of the molecule is C.COCCCCCCCN. The molecule has 0 aliphatic rings. The van der Waals surface area contributed by atoms with E-state index in [1.165, 1.54) is 32.1 Å². The molecule has 0 saturated carbocycles. The largest absolute Gasteiger partial charge is 0.385 e. The van der Waals surface area contributed by atoms with Gasteiger partial charge in [0.25, 0.3) is 0 Å². The first kappa shape index (κ1) is 13.5. The van der Waals surface area contributed by atoms with E-state index in [-0.39, 0.29) is 7.43 Å². The van der Waals surface area contributed by atoms with Crippen molar-refractivity contribution in [3.05, 3.63) is 0 Å². The monoisotopic (exact) mass is 161 g/mol. The van der Waals surface area contributed by atoms with E-state index in [1.807, 2.05) is 0 Å². The van der Waals surface area contributed by atoms with E-state index < -0.39 is 0 Å². The summed E-state index contributed by atoms with van der Waals surface area (Å²) in [4.78, 5) is 0. The minimum atomic E-state index is 0. The van der Waals surface area contributed by atoms with Gasteiger partial charge in [0.1, 0.15) is 0 Å². The highest BCUT2D eigenvalue weighted by molar-refractivity contribution is 4.43. The molecule has 0 aliphatic carbocycles. The van der Waals surface area contributed by atoms with Crippen molar-refractivity contribution in [2.75, 3.05) is 20.3 Å². The van der Waals surface area contributed by atoms with Gasteiger partial charge in [-0.3, -0.25) is 0 Å². The minimum Gasteiger partial charge on any atom is -0.385 e. The maximum absolute atomic E-state index is 5.34. The Bertz CT molecular complexity index is 49.5. The first-order chi connectivity index (χ1) is 4.91. The molecular formula is C9H23NO. The van der Waals surface area contributed by atoms with Crippen LogP contribution in [-0.2, 0) is 4.74 Å². The molecule has 0 atom stereocenters. The van der Waals surface area contributed by atoms with Crippen molar-refractivity contribution < 1.29 is 4.74 Å². The summed E-state index contributed by atoms with van der Waals surface area (Å²) < 4.78 is 4.92. The Morgan fingerprint density at radius 1 is 1.00 bits per heavy atom. The van der Waals surface area contributed by atoms with Gasteiger partial charge in [0.05, 0.1) is 0 Å². The molecule has 0 amide bonds. The molecule has 2 nitrogen and oxygen atoms in total. The molecule has 0 aromatic carbocycles. The summed E-state index contributed by atoms with van der Waals surface area (Å²) in [6, 6.07) is 0. The second-order valence-electron chi connectivity index (χ2n) is 2.55. The molecule has 0 unspecified atom stereocenters. The average molecular weight is 161 g/mol. The number of unbranched alkanes of at least 4 members (excludes halogenated alkanes) is 4. The van der Waals surface area contributed by atoms with Gasteiger partial charge in [0.2, 0.25) is 0 Å². The van der Waals surface area contributed by atoms with Crippen molar-refractivity contribution in [2.45, 2.75) is 39.5 Å². The molecule has 0 saturated heterocycles. The number of hydrogen-bond donors (Lipinski definition) is 1. The van der Waals surface area contributed by atoms with Crippen LogP contribution in [0, 0.1) is 0 Å². The van der Waals surface area contributed by atoms with Crippen LogP contribution in [0.1, 0.15) is 39.5 Å². The molecule has 70 valence electrons. The summed E-state index contributed by atoms with van der Waals surface area (Å²) in [6.45, 7) is 1.74. The fourth-order valence-electron chi connectivity index (χ4n) is 0.921. The Balaban J connectivity index is 0. The van der Waals surface area contributed by atoms with Gasteiger partial charge in [-0.1, -0.05) is 26.7 Å². The third-order valence-electron chi connectivity index (χ3n) is 1.55. The summed E-state index contributed by atoms with van der Waals surface area (Å²) in [5, 5.41) is 0. The summed E-state index contributed by atoms with van der Waals surface area (Å²) in [6.07, 6.45) is 6.24. The first-order valence-corrected chi connectivity index (χ1v) is 4.11. The van der Waals surface area contributed by atoms with E-state index in [4.69, 9.17) is 10.5 Å². The lowest BCUT2D eigenvalue weighted by atomic mass is 10.1. The Morgan fingerprint density at radius 3 is 2.09 bits per heavy atom. The van der Waals surface area contributed by atoms with Gasteiger partial charge in [0.15, 0.2) is 0 Å². The summed E-state index contributed by atoms with van der Waals surface area (Å²) in [5.74, 6) is 0. The van der Waals surface area contributed by atoms with Gasteiger partial charge in [-0.2, -0.15) is 0 Å². The highest BCUT2D eigenvalue weighted by atomic mass is 16.5. The Kier molecular flexibility index (Phi) is 15.4. The number of nitrogens with two attached hydrogens (primary N) is 1. The Morgan fingerprint density at radius 2 is 1.55 bits per heavy atom. The van der Waals surface area contributed by atoms with Crippen LogP contribution in [0.4, 0.5) is 0 Å². The maximum atomic E-state index is 5.34. The van der Waals surface area contributed by atoms with Crippen molar-refractivity contribution in [3.63, 3.8) is 0 Å². The molecule has 0 fully saturated rings. The first-order valence-electron chi connectivity index (χ1n) is 4.11. The molecule has 0 spiro atoms. The average Bonchev–Trinajstić information content (AvgIpc) is 1.97. The van der Waals surface area contributed by atoms with Crippen LogP contribution in [0.3, 0.4) is 0 Å². The van der Waals surface area contributed by atoms with Crippen molar-refractivity contribution in [3.8, 4) is 0 Å². The molecule has 0 aromatic rings. The summed E-state index contributed by atoms with van der Waals surface area (Å²) in [5.41, 5.74) is 5.34. The lowest BCUT2D eigenvalue weighted by Crippen LogP contribution is -1.97. The van der Waals surface area contributed by atoms with Gasteiger partial charge in [-0.05, 0) is 19.4 Å². The van der Waals surface area contributed by atoms with Crippen LogP contribution in [0.15, 0.2) is 0 Å². The van der Waals surface area contributed by atoms with Gasteiger partial charge < -0.3 is 10.5 Å².